The second-order valence-corrected chi connectivity index (χ2v) is 8.29. The maximum Gasteiger partial charge on any atom is 0.107 e. The van der Waals surface area contributed by atoms with Crippen LogP contribution in [0.5, 0.6) is 0 Å². The van der Waals surface area contributed by atoms with Crippen LogP contribution >= 0.6 is 11.3 Å². The van der Waals surface area contributed by atoms with Crippen molar-refractivity contribution in [2.45, 2.75) is 70.9 Å². The first-order valence-corrected chi connectivity index (χ1v) is 8.53. The Morgan fingerprint density at radius 1 is 1.40 bits per heavy atom. The summed E-state index contributed by atoms with van der Waals surface area (Å²) in [5.41, 5.74) is 1.19. The van der Waals surface area contributed by atoms with Gasteiger partial charge in [0.2, 0.25) is 0 Å². The number of aromatic nitrogens is 1. The number of hydrogen-bond acceptors (Lipinski definition) is 4. The van der Waals surface area contributed by atoms with Crippen molar-refractivity contribution in [3.63, 3.8) is 0 Å². The van der Waals surface area contributed by atoms with Crippen molar-refractivity contribution in [3.05, 3.63) is 16.1 Å². The van der Waals surface area contributed by atoms with Crippen molar-refractivity contribution in [1.29, 1.82) is 0 Å². The van der Waals surface area contributed by atoms with E-state index in [0.29, 0.717) is 0 Å². The Hall–Kier alpha value is -0.450. The molecule has 1 fully saturated rings. The van der Waals surface area contributed by atoms with Crippen LogP contribution in [0, 0.1) is 5.92 Å². The van der Waals surface area contributed by atoms with Crippen LogP contribution in [0.4, 0.5) is 0 Å². The normalized spacial score (nSPS) is 27.8. The highest BCUT2D eigenvalue weighted by molar-refractivity contribution is 7.09. The number of aliphatic hydroxyl groups is 1. The molecule has 1 saturated carbocycles. The largest absolute Gasteiger partial charge is 0.394 e. The van der Waals surface area contributed by atoms with Gasteiger partial charge in [0.15, 0.2) is 0 Å². The van der Waals surface area contributed by atoms with Crippen molar-refractivity contribution in [2.75, 3.05) is 6.61 Å². The van der Waals surface area contributed by atoms with E-state index in [1.54, 1.807) is 11.3 Å². The summed E-state index contributed by atoms with van der Waals surface area (Å²) >= 11 is 1.72. The highest BCUT2D eigenvalue weighted by Gasteiger charge is 2.33. The molecule has 1 aromatic rings. The Balaban J connectivity index is 1.95. The molecular weight excluding hydrogens is 268 g/mol. The minimum absolute atomic E-state index is 0.0833. The van der Waals surface area contributed by atoms with Gasteiger partial charge in [0.05, 0.1) is 12.3 Å². The lowest BCUT2D eigenvalue weighted by molar-refractivity contribution is 0.104. The van der Waals surface area contributed by atoms with Crippen molar-refractivity contribution >= 4 is 11.3 Å². The summed E-state index contributed by atoms with van der Waals surface area (Å²) in [7, 11) is 0. The fourth-order valence-electron chi connectivity index (χ4n) is 2.71. The van der Waals surface area contributed by atoms with Crippen molar-refractivity contribution in [3.8, 4) is 0 Å². The van der Waals surface area contributed by atoms with E-state index in [0.717, 1.165) is 36.0 Å². The first-order chi connectivity index (χ1) is 9.35. The molecule has 1 aliphatic rings. The minimum Gasteiger partial charge on any atom is -0.394 e. The number of nitrogens with one attached hydrogen (secondary N) is 1. The fraction of sp³-hybridized carbons (Fsp3) is 0.812. The van der Waals surface area contributed by atoms with Crippen LogP contribution < -0.4 is 5.32 Å². The van der Waals surface area contributed by atoms with E-state index in [2.05, 4.69) is 38.4 Å². The van der Waals surface area contributed by atoms with Crippen LogP contribution in [0.1, 0.15) is 64.1 Å². The molecule has 3 nitrogen and oxygen atoms in total. The standard InChI is InChI=1S/C16H28N2OS/c1-12-5-7-16(11-19,8-6-12)17-9-14-18-13(10-20-14)15(2,3)4/h10,12,17,19H,5-9,11H2,1-4H3. The third-order valence-corrected chi connectivity index (χ3v) is 5.32. The van der Waals surface area contributed by atoms with E-state index in [-0.39, 0.29) is 17.6 Å². The first-order valence-electron chi connectivity index (χ1n) is 7.65. The summed E-state index contributed by atoms with van der Waals surface area (Å²) in [5.74, 6) is 0.795. The molecule has 0 aromatic carbocycles. The molecule has 0 aliphatic heterocycles. The van der Waals surface area contributed by atoms with Crippen LogP contribution in [0.2, 0.25) is 0 Å². The summed E-state index contributed by atoms with van der Waals surface area (Å²) in [6, 6.07) is 0. The zero-order valence-electron chi connectivity index (χ0n) is 13.2. The van der Waals surface area contributed by atoms with Crippen LogP contribution in [0.15, 0.2) is 5.38 Å². The van der Waals surface area contributed by atoms with Gasteiger partial charge in [0, 0.05) is 22.9 Å². The smallest absolute Gasteiger partial charge is 0.107 e. The van der Waals surface area contributed by atoms with Gasteiger partial charge >= 0.3 is 0 Å². The molecule has 1 aliphatic carbocycles. The van der Waals surface area contributed by atoms with Crippen molar-refractivity contribution in [1.82, 2.24) is 10.3 Å². The molecule has 0 atom stereocenters. The summed E-state index contributed by atoms with van der Waals surface area (Å²) < 4.78 is 0. The molecule has 1 aromatic heterocycles. The molecule has 114 valence electrons. The van der Waals surface area contributed by atoms with E-state index >= 15 is 0 Å². The van der Waals surface area contributed by atoms with E-state index in [1.807, 2.05) is 0 Å². The SMILES string of the molecule is CC1CCC(CO)(NCc2nc(C(C)(C)C)cs2)CC1. The molecule has 20 heavy (non-hydrogen) atoms. The predicted octanol–water partition coefficient (Wildman–Crippen LogP) is 3.47. The van der Waals surface area contributed by atoms with Crippen molar-refractivity contribution < 1.29 is 5.11 Å². The minimum atomic E-state index is -0.0833. The Bertz CT molecular complexity index is 428. The number of aliphatic hydroxyl groups excluding tert-OH is 1. The number of nitrogens with zero attached hydrogens (tertiary/aromatic N) is 1. The van der Waals surface area contributed by atoms with Crippen LogP contribution in [-0.2, 0) is 12.0 Å². The lowest BCUT2D eigenvalue weighted by Crippen LogP contribution is -2.50. The Morgan fingerprint density at radius 2 is 2.05 bits per heavy atom. The molecule has 0 amide bonds. The fourth-order valence-corrected chi connectivity index (χ4v) is 3.67. The average molecular weight is 296 g/mol. The molecule has 0 radical (unpaired) electrons. The third kappa shape index (κ3) is 3.80. The van der Waals surface area contributed by atoms with E-state index in [4.69, 9.17) is 4.98 Å². The number of hydrogen-bond donors (Lipinski definition) is 2. The second kappa shape index (κ2) is 6.12. The van der Waals surface area contributed by atoms with Gasteiger partial charge in [-0.05, 0) is 31.6 Å². The third-order valence-electron chi connectivity index (χ3n) is 4.47. The first kappa shape index (κ1) is 15.9. The van der Waals surface area contributed by atoms with Gasteiger partial charge in [-0.2, -0.15) is 0 Å². The monoisotopic (exact) mass is 296 g/mol. The molecule has 0 saturated heterocycles. The Kier molecular flexibility index (Phi) is 4.88. The highest BCUT2D eigenvalue weighted by atomic mass is 32.1. The van der Waals surface area contributed by atoms with Crippen LogP contribution in [0.25, 0.3) is 0 Å². The van der Waals surface area contributed by atoms with Gasteiger partial charge in [0.25, 0.3) is 0 Å². The molecule has 0 unspecified atom stereocenters. The zero-order chi connectivity index (χ0) is 14.8. The van der Waals surface area contributed by atoms with E-state index in [9.17, 15) is 5.11 Å². The molecule has 0 bridgehead atoms. The molecular formula is C16H28N2OS. The number of thiazole rings is 1. The molecule has 2 rings (SSSR count). The predicted molar refractivity (Wildman–Crippen MR) is 85.1 cm³/mol. The second-order valence-electron chi connectivity index (χ2n) is 7.35. The summed E-state index contributed by atoms with van der Waals surface area (Å²) in [6.07, 6.45) is 4.56. The maximum atomic E-state index is 9.76. The van der Waals surface area contributed by atoms with Crippen LogP contribution in [0.3, 0.4) is 0 Å². The van der Waals surface area contributed by atoms with E-state index < -0.39 is 0 Å². The molecule has 4 heteroatoms. The molecule has 0 spiro atoms. The quantitative estimate of drug-likeness (QED) is 0.894. The van der Waals surface area contributed by atoms with Gasteiger partial charge in [0.1, 0.15) is 5.01 Å². The molecule has 1 heterocycles. The van der Waals surface area contributed by atoms with Crippen LogP contribution in [-0.4, -0.2) is 22.2 Å². The Labute approximate surface area is 126 Å². The lowest BCUT2D eigenvalue weighted by atomic mass is 9.77. The highest BCUT2D eigenvalue weighted by Crippen LogP contribution is 2.32. The zero-order valence-corrected chi connectivity index (χ0v) is 14.0. The summed E-state index contributed by atoms with van der Waals surface area (Å²) in [6.45, 7) is 9.88. The van der Waals surface area contributed by atoms with Gasteiger partial charge in [-0.15, -0.1) is 11.3 Å². The summed E-state index contributed by atoms with van der Waals surface area (Å²) in [5, 5.41) is 16.6. The van der Waals surface area contributed by atoms with Gasteiger partial charge < -0.3 is 10.4 Å². The average Bonchev–Trinajstić information content (AvgIpc) is 2.88. The van der Waals surface area contributed by atoms with E-state index in [1.165, 1.54) is 12.8 Å². The van der Waals surface area contributed by atoms with Crippen molar-refractivity contribution in [2.24, 2.45) is 5.92 Å². The number of rotatable bonds is 4. The van der Waals surface area contributed by atoms with Gasteiger partial charge in [-0.3, -0.25) is 0 Å². The lowest BCUT2D eigenvalue weighted by Gasteiger charge is -2.38. The maximum absolute atomic E-state index is 9.76. The van der Waals surface area contributed by atoms with Gasteiger partial charge in [-0.1, -0.05) is 27.7 Å². The Morgan fingerprint density at radius 3 is 2.55 bits per heavy atom. The molecule has 2 N–H and O–H groups in total. The topological polar surface area (TPSA) is 45.1 Å². The summed E-state index contributed by atoms with van der Waals surface area (Å²) in [4.78, 5) is 4.72. The van der Waals surface area contributed by atoms with Gasteiger partial charge in [-0.25, -0.2) is 4.98 Å².